The van der Waals surface area contributed by atoms with Crippen molar-refractivity contribution in [3.05, 3.63) is 58.1 Å². The van der Waals surface area contributed by atoms with Gasteiger partial charge in [-0.15, -0.1) is 12.4 Å². The third-order valence-corrected chi connectivity index (χ3v) is 5.42. The molecule has 0 spiro atoms. The average molecular weight is 451 g/mol. The summed E-state index contributed by atoms with van der Waals surface area (Å²) < 4.78 is 6.14. The molecule has 0 fully saturated rings. The summed E-state index contributed by atoms with van der Waals surface area (Å²) in [5.41, 5.74) is 0.593. The summed E-state index contributed by atoms with van der Waals surface area (Å²) in [6.07, 6.45) is 0.707. The maximum atomic E-state index is 13.3. The van der Waals surface area contributed by atoms with Crippen LogP contribution in [0, 0.1) is 10.1 Å². The Bertz CT molecular complexity index is 1040. The molecule has 0 aliphatic carbocycles. The Labute approximate surface area is 184 Å². The first-order valence-corrected chi connectivity index (χ1v) is 9.87. The van der Waals surface area contributed by atoms with Gasteiger partial charge in [0, 0.05) is 12.6 Å². The summed E-state index contributed by atoms with van der Waals surface area (Å²) in [6, 6.07) is 11.5. The minimum atomic E-state index is -0.533. The van der Waals surface area contributed by atoms with Crippen molar-refractivity contribution in [1.82, 2.24) is 9.88 Å². The van der Waals surface area contributed by atoms with Crippen molar-refractivity contribution in [2.24, 2.45) is 0 Å². The number of nitrogens with zero attached hydrogens (tertiary/aromatic N) is 4. The summed E-state index contributed by atoms with van der Waals surface area (Å²) in [6.45, 7) is 1.18. The van der Waals surface area contributed by atoms with E-state index in [1.54, 1.807) is 19.2 Å². The largest absolute Gasteiger partial charge is 0.497 e. The molecule has 1 heterocycles. The lowest BCUT2D eigenvalue weighted by Crippen LogP contribution is -2.33. The van der Waals surface area contributed by atoms with Gasteiger partial charge in [0.25, 0.3) is 11.6 Å². The third kappa shape index (κ3) is 5.24. The fourth-order valence-electron chi connectivity index (χ4n) is 2.92. The molecule has 3 aromatic rings. The number of carbonyl (C=O) groups is 1. The number of hydrogen-bond donors (Lipinski definition) is 0. The van der Waals surface area contributed by atoms with E-state index >= 15 is 0 Å². The molecule has 160 valence electrons. The molecule has 1 aromatic heterocycles. The highest BCUT2D eigenvalue weighted by molar-refractivity contribution is 7.22. The minimum absolute atomic E-state index is 0. The lowest BCUT2D eigenvalue weighted by molar-refractivity contribution is -0.385. The molecule has 8 nitrogen and oxygen atoms in total. The Morgan fingerprint density at radius 3 is 2.60 bits per heavy atom. The first-order valence-electron chi connectivity index (χ1n) is 9.05. The van der Waals surface area contributed by atoms with Crippen LogP contribution in [0.2, 0.25) is 0 Å². The number of rotatable bonds is 8. The lowest BCUT2D eigenvalue weighted by Gasteiger charge is -2.21. The molecule has 0 saturated heterocycles. The highest BCUT2D eigenvalue weighted by atomic mass is 35.5. The van der Waals surface area contributed by atoms with Crippen LogP contribution in [0.5, 0.6) is 5.75 Å². The highest BCUT2D eigenvalue weighted by Gasteiger charge is 2.27. The second-order valence-corrected chi connectivity index (χ2v) is 7.73. The second-order valence-electron chi connectivity index (χ2n) is 6.72. The van der Waals surface area contributed by atoms with E-state index in [-0.39, 0.29) is 23.7 Å². The second kappa shape index (κ2) is 10.3. The number of anilines is 1. The first-order chi connectivity index (χ1) is 13.9. The fourth-order valence-corrected chi connectivity index (χ4v) is 3.94. The van der Waals surface area contributed by atoms with Crippen LogP contribution in [-0.2, 0) is 0 Å². The molecule has 0 N–H and O–H groups in total. The zero-order valence-electron chi connectivity index (χ0n) is 16.9. The normalized spacial score (nSPS) is 10.7. The number of fused-ring (bicyclic) bond motifs is 1. The van der Waals surface area contributed by atoms with Crippen LogP contribution in [0.1, 0.15) is 16.8 Å². The number of benzene rings is 2. The van der Waals surface area contributed by atoms with Crippen LogP contribution < -0.4 is 9.64 Å². The maximum absolute atomic E-state index is 13.3. The quantitative estimate of drug-likeness (QED) is 0.377. The summed E-state index contributed by atoms with van der Waals surface area (Å²) in [5, 5.41) is 11.9. The van der Waals surface area contributed by atoms with Gasteiger partial charge >= 0.3 is 0 Å². The first kappa shape index (κ1) is 23.5. The van der Waals surface area contributed by atoms with E-state index in [4.69, 9.17) is 4.74 Å². The van der Waals surface area contributed by atoms with Gasteiger partial charge in [-0.05, 0) is 51.3 Å². The van der Waals surface area contributed by atoms with E-state index < -0.39 is 10.8 Å². The molecule has 0 saturated carbocycles. The zero-order valence-corrected chi connectivity index (χ0v) is 18.5. The van der Waals surface area contributed by atoms with E-state index in [0.29, 0.717) is 23.8 Å². The van der Waals surface area contributed by atoms with Gasteiger partial charge in [0.15, 0.2) is 5.13 Å². The maximum Gasteiger partial charge on any atom is 0.282 e. The Hall–Kier alpha value is -2.75. The van der Waals surface area contributed by atoms with Gasteiger partial charge in [0.05, 0.1) is 22.2 Å². The molecule has 0 radical (unpaired) electrons. The van der Waals surface area contributed by atoms with Crippen LogP contribution in [0.4, 0.5) is 10.8 Å². The van der Waals surface area contributed by atoms with Crippen molar-refractivity contribution in [2.45, 2.75) is 6.42 Å². The predicted octanol–water partition coefficient (Wildman–Crippen LogP) is 4.23. The van der Waals surface area contributed by atoms with Crippen LogP contribution in [0.3, 0.4) is 0 Å². The molecule has 0 atom stereocenters. The molecule has 0 bridgehead atoms. The topological polar surface area (TPSA) is 88.8 Å². The molecule has 10 heteroatoms. The van der Waals surface area contributed by atoms with Crippen molar-refractivity contribution in [2.75, 3.05) is 39.2 Å². The molecule has 0 aliphatic heterocycles. The number of ether oxygens (including phenoxy) is 1. The van der Waals surface area contributed by atoms with Crippen molar-refractivity contribution in [3.8, 4) is 5.75 Å². The van der Waals surface area contributed by atoms with Crippen molar-refractivity contribution < 1.29 is 14.5 Å². The number of hydrogen-bond acceptors (Lipinski definition) is 7. The van der Waals surface area contributed by atoms with Gasteiger partial charge in [-0.2, -0.15) is 0 Å². The number of nitro benzene ring substituents is 1. The van der Waals surface area contributed by atoms with Crippen LogP contribution in [0.25, 0.3) is 10.2 Å². The minimum Gasteiger partial charge on any atom is -0.497 e. The molecule has 2 aromatic carbocycles. The molecular formula is C20H23ClN4O4S. The summed E-state index contributed by atoms with van der Waals surface area (Å²) in [5.74, 6) is 0.277. The third-order valence-electron chi connectivity index (χ3n) is 4.38. The molecular weight excluding hydrogens is 428 g/mol. The number of amides is 1. The predicted molar refractivity (Wildman–Crippen MR) is 121 cm³/mol. The SMILES string of the molecule is COc1ccc2nc(N(CCCN(C)C)C(=O)c3ccccc3[N+](=O)[O-])sc2c1.Cl. The summed E-state index contributed by atoms with van der Waals surface area (Å²) in [7, 11) is 5.51. The number of nitro groups is 1. The Morgan fingerprint density at radius 1 is 1.20 bits per heavy atom. The number of carbonyl (C=O) groups excluding carboxylic acids is 1. The number of aromatic nitrogens is 1. The van der Waals surface area contributed by atoms with Gasteiger partial charge in [-0.25, -0.2) is 4.98 Å². The number of methoxy groups -OCH3 is 1. The molecule has 1 amide bonds. The standard InChI is InChI=1S/C20H22N4O4S.ClH/c1-22(2)11-6-12-23(19(25)15-7-4-5-8-17(15)24(26)27)20-21-16-10-9-14(28-3)13-18(16)29-20;/h4-5,7-10,13H,6,11-12H2,1-3H3;1H. The van der Waals surface area contributed by atoms with E-state index in [1.165, 1.54) is 28.4 Å². The van der Waals surface area contributed by atoms with Crippen LogP contribution >= 0.6 is 23.7 Å². The monoisotopic (exact) mass is 450 g/mol. The highest BCUT2D eigenvalue weighted by Crippen LogP contribution is 2.33. The van der Waals surface area contributed by atoms with Gasteiger partial charge < -0.3 is 9.64 Å². The lowest BCUT2D eigenvalue weighted by atomic mass is 10.1. The molecule has 3 rings (SSSR count). The van der Waals surface area contributed by atoms with E-state index in [9.17, 15) is 14.9 Å². The molecule has 0 unspecified atom stereocenters. The van der Waals surface area contributed by atoms with Crippen LogP contribution in [0.15, 0.2) is 42.5 Å². The van der Waals surface area contributed by atoms with E-state index in [0.717, 1.165) is 16.8 Å². The fraction of sp³-hybridized carbons (Fsp3) is 0.300. The van der Waals surface area contributed by atoms with Crippen molar-refractivity contribution in [3.63, 3.8) is 0 Å². The Balaban J connectivity index is 0.00000320. The number of para-hydroxylation sites is 1. The summed E-state index contributed by atoms with van der Waals surface area (Å²) >= 11 is 1.36. The molecule has 30 heavy (non-hydrogen) atoms. The van der Waals surface area contributed by atoms with Gasteiger partial charge in [-0.3, -0.25) is 19.8 Å². The zero-order chi connectivity index (χ0) is 21.0. The van der Waals surface area contributed by atoms with Gasteiger partial charge in [-0.1, -0.05) is 23.5 Å². The summed E-state index contributed by atoms with van der Waals surface area (Å²) in [4.78, 5) is 32.3. The van der Waals surface area contributed by atoms with Crippen LogP contribution in [-0.4, -0.2) is 55.0 Å². The Morgan fingerprint density at radius 2 is 1.93 bits per heavy atom. The average Bonchev–Trinajstić information content (AvgIpc) is 3.13. The van der Waals surface area contributed by atoms with Gasteiger partial charge in [0.2, 0.25) is 0 Å². The smallest absolute Gasteiger partial charge is 0.282 e. The van der Waals surface area contributed by atoms with Crippen molar-refractivity contribution >= 4 is 50.7 Å². The van der Waals surface area contributed by atoms with E-state index in [2.05, 4.69) is 4.98 Å². The Kier molecular flexibility index (Phi) is 8.10. The van der Waals surface area contributed by atoms with Gasteiger partial charge in [0.1, 0.15) is 11.3 Å². The van der Waals surface area contributed by atoms with Crippen molar-refractivity contribution in [1.29, 1.82) is 0 Å². The van der Waals surface area contributed by atoms with E-state index in [1.807, 2.05) is 37.2 Å². The number of thiazole rings is 1. The molecule has 0 aliphatic rings. The number of halogens is 1.